The lowest BCUT2D eigenvalue weighted by atomic mass is 9.96. The Balaban J connectivity index is 2.67. The van der Waals surface area contributed by atoms with Gasteiger partial charge in [0.05, 0.1) is 13.2 Å². The second-order valence-electron chi connectivity index (χ2n) is 6.57. The molecule has 0 saturated carbocycles. The van der Waals surface area contributed by atoms with E-state index in [0.29, 0.717) is 10.8 Å². The number of rotatable bonds is 8. The Morgan fingerprint density at radius 1 is 0.774 bits per heavy atom. The number of fused-ring (bicyclic) bond motifs is 1. The highest BCUT2D eigenvalue weighted by Crippen LogP contribution is 2.50. The molecular formula is C21H22O8S2. The van der Waals surface area contributed by atoms with Crippen LogP contribution in [0.3, 0.4) is 0 Å². The van der Waals surface area contributed by atoms with Crippen molar-refractivity contribution in [2.75, 3.05) is 13.2 Å². The van der Waals surface area contributed by atoms with E-state index >= 15 is 0 Å². The van der Waals surface area contributed by atoms with Crippen molar-refractivity contribution < 1.29 is 35.4 Å². The molecule has 8 nitrogen and oxygen atoms in total. The Morgan fingerprint density at radius 3 is 1.97 bits per heavy atom. The largest absolute Gasteiger partial charge is 0.508 e. The second kappa shape index (κ2) is 8.46. The van der Waals surface area contributed by atoms with E-state index in [4.69, 9.17) is 8.37 Å². The van der Waals surface area contributed by atoms with Gasteiger partial charge in [-0.2, -0.15) is 16.8 Å². The Bertz CT molecular complexity index is 1270. The van der Waals surface area contributed by atoms with Crippen LogP contribution in [0.5, 0.6) is 11.5 Å². The van der Waals surface area contributed by atoms with E-state index in [0.717, 1.165) is 18.2 Å². The molecule has 0 fully saturated rings. The molecule has 10 heteroatoms. The minimum Gasteiger partial charge on any atom is -0.508 e. The number of phenols is 2. The predicted molar refractivity (Wildman–Crippen MR) is 116 cm³/mol. The fourth-order valence-corrected chi connectivity index (χ4v) is 7.59. The first kappa shape index (κ1) is 23.0. The van der Waals surface area contributed by atoms with Crippen LogP contribution in [0, 0.1) is 0 Å². The van der Waals surface area contributed by atoms with Gasteiger partial charge >= 0.3 is 0 Å². The van der Waals surface area contributed by atoms with Crippen molar-refractivity contribution in [1.29, 1.82) is 0 Å². The van der Waals surface area contributed by atoms with E-state index in [1.165, 1.54) is 26.0 Å². The van der Waals surface area contributed by atoms with E-state index in [1.807, 2.05) is 0 Å². The molecule has 0 saturated heterocycles. The van der Waals surface area contributed by atoms with E-state index < -0.39 is 41.4 Å². The fourth-order valence-electron chi connectivity index (χ4n) is 3.59. The Morgan fingerprint density at radius 2 is 1.35 bits per heavy atom. The molecule has 0 aromatic heterocycles. The highest BCUT2D eigenvalue weighted by molar-refractivity contribution is 8.05. The average molecular weight is 467 g/mol. The lowest BCUT2D eigenvalue weighted by Crippen LogP contribution is -2.46. The van der Waals surface area contributed by atoms with Crippen LogP contribution in [-0.2, 0) is 32.7 Å². The van der Waals surface area contributed by atoms with Crippen LogP contribution in [0.2, 0.25) is 0 Å². The van der Waals surface area contributed by atoms with Gasteiger partial charge in [-0.25, -0.2) is 0 Å². The lowest BCUT2D eigenvalue weighted by Gasteiger charge is -2.33. The van der Waals surface area contributed by atoms with Crippen LogP contribution in [0.4, 0.5) is 0 Å². The van der Waals surface area contributed by atoms with Crippen LogP contribution in [0.1, 0.15) is 25.0 Å². The van der Waals surface area contributed by atoms with Crippen molar-refractivity contribution in [1.82, 2.24) is 0 Å². The molecule has 0 aliphatic rings. The quantitative estimate of drug-likeness (QED) is 0.383. The van der Waals surface area contributed by atoms with Crippen molar-refractivity contribution >= 4 is 31.0 Å². The molecule has 0 heterocycles. The molecule has 0 bridgehead atoms. The summed E-state index contributed by atoms with van der Waals surface area (Å²) >= 11 is 0. The molecular weight excluding hydrogens is 444 g/mol. The summed E-state index contributed by atoms with van der Waals surface area (Å²) < 4.78 is 61.4. The molecule has 0 radical (unpaired) electrons. The fraction of sp³-hybridized carbons (Fsp3) is 0.238. The van der Waals surface area contributed by atoms with E-state index in [9.17, 15) is 27.0 Å². The van der Waals surface area contributed by atoms with E-state index in [-0.39, 0.29) is 18.8 Å². The SMILES string of the molecule is CCOS(=O)(=O)C(c1cc(O)ccc1O)(c1cccc2ccccc12)S(=O)(=O)OCC. The Labute approximate surface area is 180 Å². The van der Waals surface area contributed by atoms with Crippen LogP contribution in [0.25, 0.3) is 10.8 Å². The van der Waals surface area contributed by atoms with E-state index in [2.05, 4.69) is 0 Å². The van der Waals surface area contributed by atoms with Gasteiger partial charge in [-0.15, -0.1) is 0 Å². The van der Waals surface area contributed by atoms with Gasteiger partial charge in [0.25, 0.3) is 24.3 Å². The number of hydrogen-bond donors (Lipinski definition) is 2. The summed E-state index contributed by atoms with van der Waals surface area (Å²) in [5, 5.41) is 21.5. The molecule has 3 aromatic carbocycles. The van der Waals surface area contributed by atoms with Crippen molar-refractivity contribution in [3.63, 3.8) is 0 Å². The van der Waals surface area contributed by atoms with Gasteiger partial charge in [-0.1, -0.05) is 42.5 Å². The third kappa shape index (κ3) is 3.65. The van der Waals surface area contributed by atoms with Gasteiger partial charge in [0, 0.05) is 11.1 Å². The summed E-state index contributed by atoms with van der Waals surface area (Å²) in [4.78, 5) is 0. The standard InChI is InChI=1S/C21H22O8S2/c1-3-28-30(24,25)21(31(26,27)29-4-2,19-14-16(22)12-13-20(19)23)18-11-7-9-15-8-5-6-10-17(15)18/h5-14,22-23H,3-4H2,1-2H3. The third-order valence-electron chi connectivity index (χ3n) is 4.73. The summed E-state index contributed by atoms with van der Waals surface area (Å²) in [6.45, 7) is 2.05. The highest BCUT2D eigenvalue weighted by atomic mass is 32.3. The van der Waals surface area contributed by atoms with Gasteiger partial charge in [-0.05, 0) is 42.8 Å². The minimum absolute atomic E-state index is 0.201. The molecule has 2 N–H and O–H groups in total. The lowest BCUT2D eigenvalue weighted by molar-refractivity contribution is 0.308. The molecule has 3 aromatic rings. The zero-order valence-electron chi connectivity index (χ0n) is 16.8. The van der Waals surface area contributed by atoms with Crippen LogP contribution in [0.15, 0.2) is 60.7 Å². The zero-order valence-corrected chi connectivity index (χ0v) is 18.5. The van der Waals surface area contributed by atoms with Gasteiger partial charge in [0.2, 0.25) is 0 Å². The summed E-state index contributed by atoms with van der Waals surface area (Å²) in [5.74, 6) is -1.12. The number of hydrogen-bond acceptors (Lipinski definition) is 8. The normalized spacial score (nSPS) is 12.8. The molecule has 0 aliphatic carbocycles. The Kier molecular flexibility index (Phi) is 6.28. The van der Waals surface area contributed by atoms with Gasteiger partial charge in [0.1, 0.15) is 11.5 Å². The molecule has 0 spiro atoms. The minimum atomic E-state index is -5.03. The maximum absolute atomic E-state index is 13.6. The summed E-state index contributed by atoms with van der Waals surface area (Å²) in [6, 6.07) is 14.1. The molecule has 3 rings (SSSR count). The Hall–Kier alpha value is -2.66. The molecule has 0 aliphatic heterocycles. The maximum atomic E-state index is 13.6. The topological polar surface area (TPSA) is 127 Å². The highest BCUT2D eigenvalue weighted by Gasteiger charge is 2.62. The number of aromatic hydroxyl groups is 2. The third-order valence-corrected chi connectivity index (χ3v) is 9.33. The van der Waals surface area contributed by atoms with Crippen LogP contribution in [-0.4, -0.2) is 40.3 Å². The first-order valence-electron chi connectivity index (χ1n) is 9.41. The van der Waals surface area contributed by atoms with Crippen molar-refractivity contribution in [3.8, 4) is 11.5 Å². The van der Waals surface area contributed by atoms with E-state index in [1.54, 1.807) is 30.3 Å². The predicted octanol–water partition coefficient (Wildman–Crippen LogP) is 3.18. The molecule has 0 unspecified atom stereocenters. The summed E-state index contributed by atoms with van der Waals surface area (Å²) in [7, 11) is -10.1. The number of benzene rings is 3. The van der Waals surface area contributed by atoms with Crippen LogP contribution >= 0.6 is 0 Å². The van der Waals surface area contributed by atoms with Gasteiger partial charge in [0.15, 0.2) is 0 Å². The summed E-state index contributed by atoms with van der Waals surface area (Å²) in [6.07, 6.45) is 0. The first-order chi connectivity index (χ1) is 14.6. The molecule has 0 atom stereocenters. The van der Waals surface area contributed by atoms with Gasteiger partial charge in [-0.3, -0.25) is 8.37 Å². The van der Waals surface area contributed by atoms with Crippen molar-refractivity contribution in [2.45, 2.75) is 17.9 Å². The smallest absolute Gasteiger partial charge is 0.299 e. The first-order valence-corrected chi connectivity index (χ1v) is 12.2. The number of phenolic OH excluding ortho intramolecular Hbond substituents is 2. The zero-order chi connectivity index (χ0) is 22.9. The monoisotopic (exact) mass is 466 g/mol. The van der Waals surface area contributed by atoms with Crippen LogP contribution < -0.4 is 0 Å². The van der Waals surface area contributed by atoms with Gasteiger partial charge < -0.3 is 10.2 Å². The molecule has 31 heavy (non-hydrogen) atoms. The second-order valence-corrected chi connectivity index (χ2v) is 10.3. The molecule has 166 valence electrons. The summed E-state index contributed by atoms with van der Waals surface area (Å²) in [5.41, 5.74) is -0.806. The maximum Gasteiger partial charge on any atom is 0.299 e. The molecule has 0 amide bonds. The van der Waals surface area contributed by atoms with Crippen molar-refractivity contribution in [2.24, 2.45) is 0 Å². The average Bonchev–Trinajstić information content (AvgIpc) is 2.70. The van der Waals surface area contributed by atoms with Crippen molar-refractivity contribution in [3.05, 3.63) is 71.8 Å².